The number of carbonyl (C=O) groups excluding carboxylic acids is 1. The Morgan fingerprint density at radius 1 is 1.14 bits per heavy atom. The highest BCUT2D eigenvalue weighted by Crippen LogP contribution is 2.31. The van der Waals surface area contributed by atoms with Crippen LogP contribution in [0.2, 0.25) is 0 Å². The Kier molecular flexibility index (Phi) is 7.45. The second kappa shape index (κ2) is 10.5. The van der Waals surface area contributed by atoms with Crippen LogP contribution in [0.25, 0.3) is 6.08 Å². The fraction of sp³-hybridized carbons (Fsp3) is 0.321. The zero-order valence-electron chi connectivity index (χ0n) is 21.3. The summed E-state index contributed by atoms with van der Waals surface area (Å²) in [6.07, 6.45) is 1.78. The van der Waals surface area contributed by atoms with Crippen LogP contribution in [-0.4, -0.2) is 31.4 Å². The van der Waals surface area contributed by atoms with Crippen LogP contribution in [0.5, 0.6) is 11.5 Å². The molecule has 0 amide bonds. The Balaban J connectivity index is 1.93. The van der Waals surface area contributed by atoms with Crippen LogP contribution in [0.3, 0.4) is 0 Å². The lowest BCUT2D eigenvalue weighted by Crippen LogP contribution is -2.39. The van der Waals surface area contributed by atoms with E-state index in [0.717, 1.165) is 11.1 Å². The van der Waals surface area contributed by atoms with E-state index in [2.05, 4.69) is 18.8 Å². The number of fused-ring (bicyclic) bond motifs is 1. The molecule has 188 valence electrons. The minimum atomic E-state index is -0.638. The number of allylic oxidation sites excluding steroid dienone is 1. The third-order valence-corrected chi connectivity index (χ3v) is 7.15. The lowest BCUT2D eigenvalue weighted by Gasteiger charge is -2.25. The lowest BCUT2D eigenvalue weighted by molar-refractivity contribution is -0.139. The van der Waals surface area contributed by atoms with Gasteiger partial charge in [-0.25, -0.2) is 9.79 Å². The first-order valence-corrected chi connectivity index (χ1v) is 12.6. The first kappa shape index (κ1) is 25.4. The molecule has 3 aromatic rings. The second-order valence-electron chi connectivity index (χ2n) is 8.73. The molecule has 8 heteroatoms. The van der Waals surface area contributed by atoms with Crippen molar-refractivity contribution in [2.45, 2.75) is 39.7 Å². The van der Waals surface area contributed by atoms with Crippen molar-refractivity contribution in [3.8, 4) is 11.5 Å². The summed E-state index contributed by atoms with van der Waals surface area (Å²) in [6, 6.07) is 12.8. The number of methoxy groups -OCH3 is 2. The van der Waals surface area contributed by atoms with Gasteiger partial charge < -0.3 is 14.2 Å². The summed E-state index contributed by atoms with van der Waals surface area (Å²) in [4.78, 5) is 32.0. The Morgan fingerprint density at radius 2 is 1.86 bits per heavy atom. The quantitative estimate of drug-likeness (QED) is 0.454. The maximum atomic E-state index is 13.8. The van der Waals surface area contributed by atoms with Crippen LogP contribution in [0.1, 0.15) is 56.3 Å². The SMILES string of the molecule is CCOC(=O)C1=C(C)N=c2s/c(=C\c3ccc(OC)cc3OC)c(=O)n2[C@H]1c1ccc(C(C)C)cc1. The lowest BCUT2D eigenvalue weighted by atomic mass is 9.93. The zero-order valence-corrected chi connectivity index (χ0v) is 22.1. The molecule has 0 aliphatic carbocycles. The van der Waals surface area contributed by atoms with E-state index >= 15 is 0 Å². The predicted octanol–water partition coefficient (Wildman–Crippen LogP) is 3.94. The fourth-order valence-electron chi connectivity index (χ4n) is 4.25. The maximum Gasteiger partial charge on any atom is 0.338 e. The van der Waals surface area contributed by atoms with Crippen LogP contribution in [0.15, 0.2) is 63.5 Å². The van der Waals surface area contributed by atoms with Gasteiger partial charge in [-0.3, -0.25) is 9.36 Å². The number of benzene rings is 2. The fourth-order valence-corrected chi connectivity index (χ4v) is 5.29. The van der Waals surface area contributed by atoms with Crippen LogP contribution in [0, 0.1) is 0 Å². The average Bonchev–Trinajstić information content (AvgIpc) is 3.17. The van der Waals surface area contributed by atoms with Gasteiger partial charge >= 0.3 is 5.97 Å². The molecule has 1 aromatic heterocycles. The van der Waals surface area contributed by atoms with Crippen molar-refractivity contribution in [2.24, 2.45) is 4.99 Å². The summed E-state index contributed by atoms with van der Waals surface area (Å²) in [5.74, 6) is 1.14. The number of hydrogen-bond acceptors (Lipinski definition) is 7. The molecule has 7 nitrogen and oxygen atoms in total. The van der Waals surface area contributed by atoms with Gasteiger partial charge in [0.1, 0.15) is 11.5 Å². The highest BCUT2D eigenvalue weighted by Gasteiger charge is 2.33. The molecule has 2 heterocycles. The number of rotatable bonds is 7. The molecule has 1 aliphatic rings. The van der Waals surface area contributed by atoms with Gasteiger partial charge in [-0.05, 0) is 49.1 Å². The second-order valence-corrected chi connectivity index (χ2v) is 9.74. The molecule has 0 radical (unpaired) electrons. The zero-order chi connectivity index (χ0) is 26.0. The van der Waals surface area contributed by atoms with Crippen LogP contribution >= 0.6 is 11.3 Å². The third-order valence-electron chi connectivity index (χ3n) is 6.16. The summed E-state index contributed by atoms with van der Waals surface area (Å²) in [6.45, 7) is 8.03. The van der Waals surface area contributed by atoms with Crippen LogP contribution in [-0.2, 0) is 9.53 Å². The summed E-state index contributed by atoms with van der Waals surface area (Å²) >= 11 is 1.28. The van der Waals surface area contributed by atoms with Crippen molar-refractivity contribution in [1.29, 1.82) is 0 Å². The summed E-state index contributed by atoms with van der Waals surface area (Å²) in [5.41, 5.74) is 3.42. The first-order valence-electron chi connectivity index (χ1n) is 11.8. The minimum Gasteiger partial charge on any atom is -0.497 e. The largest absolute Gasteiger partial charge is 0.497 e. The van der Waals surface area contributed by atoms with Crippen molar-refractivity contribution in [3.63, 3.8) is 0 Å². The topological polar surface area (TPSA) is 79.1 Å². The van der Waals surface area contributed by atoms with Gasteiger partial charge in [0, 0.05) is 11.6 Å². The van der Waals surface area contributed by atoms with E-state index in [1.54, 1.807) is 44.8 Å². The molecule has 0 N–H and O–H groups in total. The molecule has 1 aliphatic heterocycles. The van der Waals surface area contributed by atoms with E-state index in [4.69, 9.17) is 14.2 Å². The first-order chi connectivity index (χ1) is 17.3. The summed E-state index contributed by atoms with van der Waals surface area (Å²) < 4.78 is 18.2. The van der Waals surface area contributed by atoms with E-state index in [-0.39, 0.29) is 12.2 Å². The summed E-state index contributed by atoms with van der Waals surface area (Å²) in [5, 5.41) is 0. The molecular weight excluding hydrogens is 476 g/mol. The molecule has 0 unspecified atom stereocenters. The van der Waals surface area contributed by atoms with Gasteiger partial charge in [0.15, 0.2) is 4.80 Å². The van der Waals surface area contributed by atoms with Crippen LogP contribution in [0.4, 0.5) is 0 Å². The molecule has 4 rings (SSSR count). The molecule has 0 saturated carbocycles. The van der Waals surface area contributed by atoms with Gasteiger partial charge in [-0.1, -0.05) is 49.4 Å². The van der Waals surface area contributed by atoms with Crippen molar-refractivity contribution >= 4 is 23.4 Å². The monoisotopic (exact) mass is 506 g/mol. The van der Waals surface area contributed by atoms with Crippen LogP contribution < -0.4 is 24.4 Å². The highest BCUT2D eigenvalue weighted by atomic mass is 32.1. The number of carbonyl (C=O) groups is 1. The number of thiazole rings is 1. The van der Waals surface area contributed by atoms with Crippen molar-refractivity contribution in [2.75, 3.05) is 20.8 Å². The van der Waals surface area contributed by atoms with E-state index in [9.17, 15) is 9.59 Å². The molecule has 0 bridgehead atoms. The number of ether oxygens (including phenoxy) is 3. The number of esters is 1. The molecule has 2 aromatic carbocycles. The predicted molar refractivity (Wildman–Crippen MR) is 140 cm³/mol. The van der Waals surface area contributed by atoms with Crippen molar-refractivity contribution < 1.29 is 19.0 Å². The molecular formula is C28H30N2O5S. The van der Waals surface area contributed by atoms with Gasteiger partial charge in [0.05, 0.1) is 42.7 Å². The minimum absolute atomic E-state index is 0.232. The number of nitrogens with zero attached hydrogens (tertiary/aromatic N) is 2. The molecule has 0 saturated heterocycles. The van der Waals surface area contributed by atoms with Gasteiger partial charge in [0.2, 0.25) is 0 Å². The van der Waals surface area contributed by atoms with Gasteiger partial charge in [-0.15, -0.1) is 0 Å². The smallest absolute Gasteiger partial charge is 0.338 e. The normalized spacial score (nSPS) is 15.5. The van der Waals surface area contributed by atoms with E-state index in [1.807, 2.05) is 36.4 Å². The molecule has 36 heavy (non-hydrogen) atoms. The van der Waals surface area contributed by atoms with E-state index < -0.39 is 12.0 Å². The molecule has 0 spiro atoms. The van der Waals surface area contributed by atoms with E-state index in [0.29, 0.717) is 38.0 Å². The number of hydrogen-bond donors (Lipinski definition) is 0. The van der Waals surface area contributed by atoms with Crippen molar-refractivity contribution in [1.82, 2.24) is 4.57 Å². The Bertz CT molecular complexity index is 1500. The van der Waals surface area contributed by atoms with Gasteiger partial charge in [0.25, 0.3) is 5.56 Å². The average molecular weight is 507 g/mol. The Morgan fingerprint density at radius 3 is 2.47 bits per heavy atom. The van der Waals surface area contributed by atoms with E-state index in [1.165, 1.54) is 16.9 Å². The Labute approximate surface area is 214 Å². The Hall–Kier alpha value is -3.65. The summed E-state index contributed by atoms with van der Waals surface area (Å²) in [7, 11) is 3.16. The highest BCUT2D eigenvalue weighted by molar-refractivity contribution is 7.07. The standard InChI is InChI=1S/C28H30N2O5S/c1-7-35-27(32)24-17(4)29-28-30(25(24)19-10-8-18(9-11-19)16(2)3)26(31)23(36-28)14-20-12-13-21(33-5)15-22(20)34-6/h8-16,25H,7H2,1-6H3/b23-14-/t25-/m0/s1. The third kappa shape index (κ3) is 4.73. The number of aromatic nitrogens is 1. The molecule has 0 fully saturated rings. The van der Waals surface area contributed by atoms with Crippen molar-refractivity contribution in [3.05, 3.63) is 90.1 Å². The maximum absolute atomic E-state index is 13.8. The molecule has 1 atom stereocenters. The van der Waals surface area contributed by atoms with Gasteiger partial charge in [-0.2, -0.15) is 0 Å².